The zero-order valence-electron chi connectivity index (χ0n) is 25.7. The lowest BCUT2D eigenvalue weighted by Crippen LogP contribution is -2.31. The second-order valence-electron chi connectivity index (χ2n) is 10.8. The van der Waals surface area contributed by atoms with Crippen molar-refractivity contribution in [2.45, 2.75) is 19.2 Å². The van der Waals surface area contributed by atoms with Crippen LogP contribution in [0.25, 0.3) is 5.57 Å². The molecule has 15 heteroatoms. The highest BCUT2D eigenvalue weighted by Gasteiger charge is 2.29. The maximum absolute atomic E-state index is 13.7. The van der Waals surface area contributed by atoms with E-state index in [0.717, 1.165) is 18.1 Å². The van der Waals surface area contributed by atoms with Crippen LogP contribution in [0.3, 0.4) is 0 Å². The fourth-order valence-electron chi connectivity index (χ4n) is 4.55. The predicted octanol–water partition coefficient (Wildman–Crippen LogP) is 3.11. The first-order valence-corrected chi connectivity index (χ1v) is 19.1. The van der Waals surface area contributed by atoms with E-state index in [1.54, 1.807) is 47.4 Å². The molecule has 0 saturated carbocycles. The van der Waals surface area contributed by atoms with Gasteiger partial charge < -0.3 is 29.0 Å². The highest BCUT2D eigenvalue weighted by Crippen LogP contribution is 2.38. The number of carbonyl (C=O) groups excluding carboxylic acids is 2. The molecule has 2 aromatic carbocycles. The highest BCUT2D eigenvalue weighted by atomic mass is 79.9. The maximum atomic E-state index is 13.7. The number of sulfone groups is 2. The van der Waals surface area contributed by atoms with Gasteiger partial charge in [0.05, 0.1) is 35.3 Å². The summed E-state index contributed by atoms with van der Waals surface area (Å²) in [7, 11) is -6.96. The van der Waals surface area contributed by atoms with E-state index in [-0.39, 0.29) is 31.1 Å². The Labute approximate surface area is 281 Å². The van der Waals surface area contributed by atoms with Crippen molar-refractivity contribution < 1.29 is 50.5 Å². The average molecular weight is 753 g/mol. The second kappa shape index (κ2) is 15.3. The number of allylic oxidation sites excluding steroid dienone is 2. The third-order valence-electron chi connectivity index (χ3n) is 7.04. The van der Waals surface area contributed by atoms with Crippen molar-refractivity contribution in [1.82, 2.24) is 4.90 Å². The lowest BCUT2D eigenvalue weighted by Gasteiger charge is -2.30. The monoisotopic (exact) mass is 751 g/mol. The van der Waals surface area contributed by atoms with Crippen LogP contribution in [0.15, 0.2) is 83.0 Å². The van der Waals surface area contributed by atoms with Gasteiger partial charge in [0.25, 0.3) is 0 Å². The zero-order chi connectivity index (χ0) is 34.4. The molecule has 2 heterocycles. The number of hydrogen-bond donors (Lipinski definition) is 1. The third-order valence-corrected chi connectivity index (χ3v) is 9.59. The van der Waals surface area contributed by atoms with Gasteiger partial charge in [-0.2, -0.15) is 0 Å². The molecule has 1 atom stereocenters. The molecule has 2 aliphatic rings. The summed E-state index contributed by atoms with van der Waals surface area (Å²) in [5.74, 6) is -1.83. The largest absolute Gasteiger partial charge is 0.461 e. The molecule has 12 nitrogen and oxygen atoms in total. The first-order chi connectivity index (χ1) is 22.2. The van der Waals surface area contributed by atoms with Crippen molar-refractivity contribution in [3.05, 3.63) is 99.7 Å². The van der Waals surface area contributed by atoms with Crippen LogP contribution in [0, 0.1) is 0 Å². The van der Waals surface area contributed by atoms with Gasteiger partial charge in [-0.05, 0) is 40.5 Å². The molecule has 4 rings (SSSR count). The van der Waals surface area contributed by atoms with Crippen molar-refractivity contribution in [3.8, 4) is 11.5 Å². The smallest absolute Gasteiger partial charge is 0.340 e. The summed E-state index contributed by atoms with van der Waals surface area (Å²) in [5, 5.41) is 9.56. The lowest BCUT2D eigenvalue weighted by atomic mass is 9.94. The van der Waals surface area contributed by atoms with Crippen molar-refractivity contribution in [3.63, 3.8) is 0 Å². The van der Waals surface area contributed by atoms with Gasteiger partial charge in [0, 0.05) is 29.7 Å². The quantitative estimate of drug-likeness (QED) is 0.236. The summed E-state index contributed by atoms with van der Waals surface area (Å²) in [4.78, 5) is 29.0. The summed E-state index contributed by atoms with van der Waals surface area (Å²) in [6, 6.07) is 9.82. The Kier molecular flexibility index (Phi) is 11.7. The van der Waals surface area contributed by atoms with Gasteiger partial charge in [-0.25, -0.2) is 26.4 Å². The summed E-state index contributed by atoms with van der Waals surface area (Å²) in [5.41, 5.74) is 1.95. The van der Waals surface area contributed by atoms with E-state index < -0.39 is 62.4 Å². The van der Waals surface area contributed by atoms with E-state index in [0.29, 0.717) is 32.7 Å². The van der Waals surface area contributed by atoms with Crippen LogP contribution in [0.4, 0.5) is 0 Å². The van der Waals surface area contributed by atoms with E-state index in [9.17, 15) is 31.5 Å². The molecular formula is C32H34BrNO11S2. The number of fused-ring (bicyclic) bond motifs is 1. The van der Waals surface area contributed by atoms with Gasteiger partial charge in [0.2, 0.25) is 6.79 Å². The van der Waals surface area contributed by atoms with Crippen molar-refractivity contribution >= 4 is 53.1 Å². The van der Waals surface area contributed by atoms with Crippen LogP contribution < -0.4 is 9.47 Å². The molecule has 1 unspecified atom stereocenters. The lowest BCUT2D eigenvalue weighted by molar-refractivity contribution is -0.142. The van der Waals surface area contributed by atoms with Gasteiger partial charge >= 0.3 is 11.9 Å². The number of aliphatic hydroxyl groups is 1. The van der Waals surface area contributed by atoms with E-state index in [2.05, 4.69) is 22.5 Å². The fourth-order valence-corrected chi connectivity index (χ4v) is 5.77. The number of ether oxygens (including phenoxy) is 4. The van der Waals surface area contributed by atoms with Gasteiger partial charge in [-0.15, -0.1) is 6.58 Å². The van der Waals surface area contributed by atoms with Gasteiger partial charge in [-0.1, -0.05) is 52.3 Å². The van der Waals surface area contributed by atoms with Crippen molar-refractivity contribution in [2.24, 2.45) is 0 Å². The molecule has 0 amide bonds. The number of carbonyl (C=O) groups is 2. The molecule has 0 radical (unpaired) electrons. The van der Waals surface area contributed by atoms with Crippen LogP contribution in [0.5, 0.6) is 11.5 Å². The van der Waals surface area contributed by atoms with Crippen molar-refractivity contribution in [1.29, 1.82) is 0 Å². The molecule has 2 aromatic rings. The van der Waals surface area contributed by atoms with Crippen LogP contribution in [0.1, 0.15) is 16.7 Å². The molecule has 0 aliphatic carbocycles. The topological polar surface area (TPSA) is 163 Å². The summed E-state index contributed by atoms with van der Waals surface area (Å²) < 4.78 is 69.3. The Balaban J connectivity index is 1.87. The highest BCUT2D eigenvalue weighted by molar-refractivity contribution is 9.10. The minimum absolute atomic E-state index is 0.0599. The van der Waals surface area contributed by atoms with Crippen LogP contribution >= 0.6 is 15.9 Å². The SMILES string of the molecule is C=CC1C=C(c2ccc(CO)cc2)C=C(C(=O)OCCS(C)(=O)=O)C(C(=O)OCCS(C)(=O)=O)=CN1Cc1cc2c(cc1Br)OCO2. The first kappa shape index (κ1) is 35.9. The molecule has 0 bridgehead atoms. The first-order valence-electron chi connectivity index (χ1n) is 14.2. The molecule has 1 N–H and O–H groups in total. The third kappa shape index (κ3) is 10.0. The van der Waals surface area contributed by atoms with Crippen LogP contribution in [-0.4, -0.2) is 88.8 Å². The fraction of sp³-hybridized carbons (Fsp3) is 0.312. The summed E-state index contributed by atoms with van der Waals surface area (Å²) in [6.07, 6.45) is 8.27. The van der Waals surface area contributed by atoms with Gasteiger partial charge in [0.15, 0.2) is 31.2 Å². The second-order valence-corrected chi connectivity index (χ2v) is 16.2. The normalized spacial score (nSPS) is 16.3. The molecule has 47 heavy (non-hydrogen) atoms. The summed E-state index contributed by atoms with van der Waals surface area (Å²) in [6.45, 7) is 3.06. The van der Waals surface area contributed by atoms with Crippen LogP contribution in [0.2, 0.25) is 0 Å². The van der Waals surface area contributed by atoms with E-state index in [4.69, 9.17) is 18.9 Å². The Bertz CT molecular complexity index is 1850. The maximum Gasteiger partial charge on any atom is 0.340 e. The minimum atomic E-state index is -3.48. The van der Waals surface area contributed by atoms with Crippen LogP contribution in [-0.2, 0) is 51.9 Å². The number of nitrogens with zero attached hydrogens (tertiary/aromatic N) is 1. The standard InChI is InChI=1S/C32H34BrNO11S2/c1-4-25-13-23(22-7-5-21(19-35)6-8-22)14-26(31(36)42-9-11-46(2,38)39)27(32(37)43-10-12-47(3,40)41)18-34(25)17-24-15-29-30(16-28(24)33)45-20-44-29/h4-8,13-16,18,25,35H,1,9-12,17,19-20H2,2-3H3. The Morgan fingerprint density at radius 3 is 2.11 bits per heavy atom. The Morgan fingerprint density at radius 1 is 0.979 bits per heavy atom. The van der Waals surface area contributed by atoms with Gasteiger partial charge in [0.1, 0.15) is 13.2 Å². The minimum Gasteiger partial charge on any atom is -0.461 e. The number of benzene rings is 2. The number of aliphatic hydroxyl groups excluding tert-OH is 1. The predicted molar refractivity (Wildman–Crippen MR) is 178 cm³/mol. The Morgan fingerprint density at radius 2 is 1.55 bits per heavy atom. The molecule has 0 spiro atoms. The molecule has 0 fully saturated rings. The van der Waals surface area contributed by atoms with Crippen molar-refractivity contribution in [2.75, 3.05) is 44.0 Å². The number of rotatable bonds is 13. The van der Waals surface area contributed by atoms with E-state index >= 15 is 0 Å². The molecule has 0 saturated heterocycles. The number of esters is 2. The molecule has 252 valence electrons. The number of halogens is 1. The van der Waals surface area contributed by atoms with E-state index in [1.165, 1.54) is 12.3 Å². The Hall–Kier alpha value is -3.92. The number of hydrogen-bond acceptors (Lipinski definition) is 12. The molecule has 0 aromatic heterocycles. The molecule has 2 aliphatic heterocycles. The zero-order valence-corrected chi connectivity index (χ0v) is 28.9. The van der Waals surface area contributed by atoms with E-state index in [1.807, 2.05) is 6.08 Å². The van der Waals surface area contributed by atoms with Gasteiger partial charge in [-0.3, -0.25) is 0 Å². The summed E-state index contributed by atoms with van der Waals surface area (Å²) >= 11 is 3.56. The molecular weight excluding hydrogens is 718 g/mol. The average Bonchev–Trinajstić information content (AvgIpc) is 3.44.